The van der Waals surface area contributed by atoms with Crippen molar-refractivity contribution in [3.63, 3.8) is 0 Å². The summed E-state index contributed by atoms with van der Waals surface area (Å²) < 4.78 is 11.6. The van der Waals surface area contributed by atoms with E-state index in [1.165, 1.54) is 5.56 Å². The van der Waals surface area contributed by atoms with Gasteiger partial charge in [0, 0.05) is 26.2 Å². The Balaban J connectivity index is 1.45. The number of hydrogen-bond acceptors (Lipinski definition) is 3. The van der Waals surface area contributed by atoms with Crippen LogP contribution < -0.4 is 5.32 Å². The topological polar surface area (TPSA) is 47.6 Å². The first-order valence-electron chi connectivity index (χ1n) is 8.74. The minimum Gasteiger partial charge on any atom is -0.378 e. The summed E-state index contributed by atoms with van der Waals surface area (Å²) >= 11 is 0. The monoisotopic (exact) mass is 319 g/mol. The van der Waals surface area contributed by atoms with Crippen LogP contribution in [0.1, 0.15) is 44.1 Å². The molecule has 1 aliphatic rings. The van der Waals surface area contributed by atoms with Crippen LogP contribution in [0.4, 0.5) is 0 Å². The molecule has 0 spiro atoms. The Morgan fingerprint density at radius 1 is 1.09 bits per heavy atom. The maximum atomic E-state index is 11.6. The minimum atomic E-state index is 0.180. The molecule has 1 aliphatic carbocycles. The molecule has 0 bridgehead atoms. The van der Waals surface area contributed by atoms with Gasteiger partial charge in [0.25, 0.3) is 0 Å². The number of benzene rings is 1. The summed E-state index contributed by atoms with van der Waals surface area (Å²) in [6.45, 7) is 2.26. The fourth-order valence-electron chi connectivity index (χ4n) is 3.02. The van der Waals surface area contributed by atoms with Gasteiger partial charge in [0.15, 0.2) is 0 Å². The first-order chi connectivity index (χ1) is 11.3. The molecule has 23 heavy (non-hydrogen) atoms. The molecule has 0 aromatic heterocycles. The minimum absolute atomic E-state index is 0.180. The number of hydrogen-bond donors (Lipinski definition) is 1. The van der Waals surface area contributed by atoms with Crippen LogP contribution in [-0.2, 0) is 20.9 Å². The molecule has 4 nitrogen and oxygen atoms in total. The fraction of sp³-hybridized carbons (Fsp3) is 0.632. The molecular weight excluding hydrogens is 290 g/mol. The lowest BCUT2D eigenvalue weighted by molar-refractivity contribution is -0.126. The van der Waals surface area contributed by atoms with Gasteiger partial charge in [-0.05, 0) is 44.1 Å². The highest BCUT2D eigenvalue weighted by atomic mass is 16.5. The number of rotatable bonds is 9. The van der Waals surface area contributed by atoms with Crippen molar-refractivity contribution in [1.29, 1.82) is 0 Å². The molecule has 1 fully saturated rings. The average Bonchev–Trinajstić information content (AvgIpc) is 2.61. The second kappa shape index (κ2) is 10.4. The second-order valence-electron chi connectivity index (χ2n) is 6.20. The molecule has 0 heterocycles. The van der Waals surface area contributed by atoms with E-state index in [0.717, 1.165) is 51.7 Å². The largest absolute Gasteiger partial charge is 0.378 e. The quantitative estimate of drug-likeness (QED) is 0.710. The predicted molar refractivity (Wildman–Crippen MR) is 91.1 cm³/mol. The molecule has 1 amide bonds. The normalized spacial score (nSPS) is 21.1. The van der Waals surface area contributed by atoms with Gasteiger partial charge < -0.3 is 14.8 Å². The Morgan fingerprint density at radius 3 is 2.48 bits per heavy atom. The molecule has 2 rings (SSSR count). The van der Waals surface area contributed by atoms with Crippen LogP contribution in [0.25, 0.3) is 0 Å². The zero-order chi connectivity index (χ0) is 16.3. The SMILES string of the molecule is CNC(=O)[C@H]1CC[C@H](OCCCCOCc2ccccc2)CC1. The van der Waals surface area contributed by atoms with E-state index in [4.69, 9.17) is 9.47 Å². The third-order valence-corrected chi connectivity index (χ3v) is 4.44. The van der Waals surface area contributed by atoms with E-state index in [1.54, 1.807) is 7.05 Å². The molecule has 0 saturated heterocycles. The summed E-state index contributed by atoms with van der Waals surface area (Å²) in [5.74, 6) is 0.366. The van der Waals surface area contributed by atoms with Gasteiger partial charge in [0.2, 0.25) is 5.91 Å². The first-order valence-corrected chi connectivity index (χ1v) is 8.74. The van der Waals surface area contributed by atoms with Crippen molar-refractivity contribution in [2.75, 3.05) is 20.3 Å². The lowest BCUT2D eigenvalue weighted by atomic mass is 9.87. The predicted octanol–water partition coefficient (Wildman–Crippen LogP) is 3.30. The van der Waals surface area contributed by atoms with Crippen LogP contribution >= 0.6 is 0 Å². The molecule has 4 heteroatoms. The third kappa shape index (κ3) is 6.71. The van der Waals surface area contributed by atoms with Crippen molar-refractivity contribution in [3.05, 3.63) is 35.9 Å². The van der Waals surface area contributed by atoms with E-state index in [-0.39, 0.29) is 11.8 Å². The molecule has 1 saturated carbocycles. The number of carbonyl (C=O) groups excluding carboxylic acids is 1. The number of ether oxygens (including phenoxy) is 2. The van der Waals surface area contributed by atoms with E-state index in [2.05, 4.69) is 17.4 Å². The zero-order valence-electron chi connectivity index (χ0n) is 14.1. The van der Waals surface area contributed by atoms with Gasteiger partial charge in [0.05, 0.1) is 12.7 Å². The van der Waals surface area contributed by atoms with E-state index in [9.17, 15) is 4.79 Å². The molecule has 0 radical (unpaired) electrons. The summed E-state index contributed by atoms with van der Waals surface area (Å²) in [5.41, 5.74) is 1.22. The highest BCUT2D eigenvalue weighted by Gasteiger charge is 2.25. The van der Waals surface area contributed by atoms with Gasteiger partial charge in [-0.2, -0.15) is 0 Å². The van der Waals surface area contributed by atoms with Crippen LogP contribution in [0.5, 0.6) is 0 Å². The van der Waals surface area contributed by atoms with Gasteiger partial charge in [-0.1, -0.05) is 30.3 Å². The maximum absolute atomic E-state index is 11.6. The third-order valence-electron chi connectivity index (χ3n) is 4.44. The van der Waals surface area contributed by atoms with Crippen molar-refractivity contribution in [2.24, 2.45) is 5.92 Å². The van der Waals surface area contributed by atoms with Gasteiger partial charge >= 0.3 is 0 Å². The molecule has 1 aromatic carbocycles. The maximum Gasteiger partial charge on any atom is 0.222 e. The molecule has 1 aromatic rings. The van der Waals surface area contributed by atoms with E-state index < -0.39 is 0 Å². The van der Waals surface area contributed by atoms with Gasteiger partial charge in [-0.15, -0.1) is 0 Å². The highest BCUT2D eigenvalue weighted by molar-refractivity contribution is 5.78. The van der Waals surface area contributed by atoms with Crippen LogP contribution in [0.15, 0.2) is 30.3 Å². The van der Waals surface area contributed by atoms with Crippen LogP contribution in [-0.4, -0.2) is 32.3 Å². The van der Waals surface area contributed by atoms with Gasteiger partial charge in [-0.3, -0.25) is 4.79 Å². The summed E-state index contributed by atoms with van der Waals surface area (Å²) in [6, 6.07) is 10.2. The standard InChI is InChI=1S/C19H29NO3/c1-20-19(21)17-9-11-18(12-10-17)23-14-6-5-13-22-15-16-7-3-2-4-8-16/h2-4,7-8,17-18H,5-6,9-15H2,1H3,(H,20,21)/t17-,18-. The van der Waals surface area contributed by atoms with Crippen molar-refractivity contribution in [2.45, 2.75) is 51.2 Å². The van der Waals surface area contributed by atoms with Gasteiger partial charge in [0.1, 0.15) is 0 Å². The molecule has 1 N–H and O–H groups in total. The number of carbonyl (C=O) groups is 1. The summed E-state index contributed by atoms with van der Waals surface area (Å²) in [4.78, 5) is 11.6. The second-order valence-corrected chi connectivity index (χ2v) is 6.20. The fourth-order valence-corrected chi connectivity index (χ4v) is 3.02. The van der Waals surface area contributed by atoms with Crippen molar-refractivity contribution in [3.8, 4) is 0 Å². The summed E-state index contributed by atoms with van der Waals surface area (Å²) in [7, 11) is 1.71. The van der Waals surface area contributed by atoms with Crippen molar-refractivity contribution in [1.82, 2.24) is 5.32 Å². The van der Waals surface area contributed by atoms with Crippen molar-refractivity contribution >= 4 is 5.91 Å². The average molecular weight is 319 g/mol. The first kappa shape index (κ1) is 18.0. The molecular formula is C19H29NO3. The van der Waals surface area contributed by atoms with E-state index in [1.807, 2.05) is 18.2 Å². The number of nitrogens with one attached hydrogen (secondary N) is 1. The molecule has 0 unspecified atom stereocenters. The Bertz CT molecular complexity index is 441. The highest BCUT2D eigenvalue weighted by Crippen LogP contribution is 2.26. The van der Waals surface area contributed by atoms with Crippen LogP contribution in [0.2, 0.25) is 0 Å². The van der Waals surface area contributed by atoms with Gasteiger partial charge in [-0.25, -0.2) is 0 Å². The molecule has 0 aliphatic heterocycles. The molecule has 128 valence electrons. The lowest BCUT2D eigenvalue weighted by Gasteiger charge is -2.27. The van der Waals surface area contributed by atoms with Crippen LogP contribution in [0.3, 0.4) is 0 Å². The summed E-state index contributed by atoms with van der Waals surface area (Å²) in [6.07, 6.45) is 6.30. The smallest absolute Gasteiger partial charge is 0.222 e. The lowest BCUT2D eigenvalue weighted by Crippen LogP contribution is -2.32. The Labute approximate surface area is 139 Å². The Kier molecular flexibility index (Phi) is 8.12. The molecule has 0 atom stereocenters. The van der Waals surface area contributed by atoms with Crippen LogP contribution in [0, 0.1) is 5.92 Å². The van der Waals surface area contributed by atoms with E-state index in [0.29, 0.717) is 12.7 Å². The summed E-state index contributed by atoms with van der Waals surface area (Å²) in [5, 5.41) is 2.74. The van der Waals surface area contributed by atoms with Crippen molar-refractivity contribution < 1.29 is 14.3 Å². The zero-order valence-corrected chi connectivity index (χ0v) is 14.1. The number of amides is 1. The number of unbranched alkanes of at least 4 members (excludes halogenated alkanes) is 1. The Morgan fingerprint density at radius 2 is 1.78 bits per heavy atom. The van der Waals surface area contributed by atoms with E-state index >= 15 is 0 Å². The Hall–Kier alpha value is -1.39.